The van der Waals surface area contributed by atoms with E-state index in [1.165, 1.54) is 13.0 Å². The molecule has 110 valence electrons. The molecule has 0 aromatic heterocycles. The Morgan fingerprint density at radius 3 is 2.80 bits per heavy atom. The third-order valence-corrected chi connectivity index (χ3v) is 4.89. The van der Waals surface area contributed by atoms with Crippen molar-refractivity contribution in [2.45, 2.75) is 37.1 Å². The van der Waals surface area contributed by atoms with Crippen LogP contribution in [0.5, 0.6) is 0 Å². The molecular formula is C13H17FN2O3S. The van der Waals surface area contributed by atoms with E-state index in [2.05, 4.69) is 10.0 Å². The highest BCUT2D eigenvalue weighted by molar-refractivity contribution is 7.89. The van der Waals surface area contributed by atoms with Crippen LogP contribution < -0.4 is 10.0 Å². The topological polar surface area (TPSA) is 75.3 Å². The lowest BCUT2D eigenvalue weighted by Gasteiger charge is -2.16. The number of carbonyl (C=O) groups excluding carboxylic acids is 1. The van der Waals surface area contributed by atoms with Gasteiger partial charge in [-0.15, -0.1) is 0 Å². The number of hydrogen-bond acceptors (Lipinski definition) is 3. The first-order valence-corrected chi connectivity index (χ1v) is 7.95. The smallest absolute Gasteiger partial charge is 0.241 e. The first-order valence-electron chi connectivity index (χ1n) is 6.46. The molecule has 2 N–H and O–H groups in total. The summed E-state index contributed by atoms with van der Waals surface area (Å²) in [7, 11) is -3.83. The predicted molar refractivity (Wildman–Crippen MR) is 72.1 cm³/mol. The van der Waals surface area contributed by atoms with Gasteiger partial charge >= 0.3 is 0 Å². The van der Waals surface area contributed by atoms with E-state index in [4.69, 9.17) is 0 Å². The van der Waals surface area contributed by atoms with Gasteiger partial charge in [0, 0.05) is 6.54 Å². The summed E-state index contributed by atoms with van der Waals surface area (Å²) in [5.41, 5.74) is 0.312. The summed E-state index contributed by atoms with van der Waals surface area (Å²) >= 11 is 0. The van der Waals surface area contributed by atoms with Gasteiger partial charge in [0.05, 0.1) is 4.90 Å². The normalized spacial score (nSPS) is 20.3. The van der Waals surface area contributed by atoms with Gasteiger partial charge in [0.2, 0.25) is 15.9 Å². The van der Waals surface area contributed by atoms with Crippen LogP contribution in [0.3, 0.4) is 0 Å². The van der Waals surface area contributed by atoms with Gasteiger partial charge in [-0.1, -0.05) is 0 Å². The minimum absolute atomic E-state index is 0.00375. The zero-order valence-corrected chi connectivity index (χ0v) is 12.0. The molecule has 1 atom stereocenters. The molecule has 1 heterocycles. The number of nitrogens with one attached hydrogen (secondary N) is 2. The molecule has 0 aliphatic carbocycles. The van der Waals surface area contributed by atoms with E-state index >= 15 is 0 Å². The molecule has 1 fully saturated rings. The number of rotatable bonds is 3. The number of amides is 1. The van der Waals surface area contributed by atoms with Gasteiger partial charge in [-0.05, 0) is 49.9 Å². The lowest BCUT2D eigenvalue weighted by atomic mass is 10.1. The largest absolute Gasteiger partial charge is 0.355 e. The predicted octanol–water partition coefficient (Wildman–Crippen LogP) is 1.08. The Balaban J connectivity index is 2.24. The summed E-state index contributed by atoms with van der Waals surface area (Å²) in [4.78, 5) is 11.8. The highest BCUT2D eigenvalue weighted by Crippen LogP contribution is 2.17. The van der Waals surface area contributed by atoms with Crippen LogP contribution in [0.15, 0.2) is 23.1 Å². The highest BCUT2D eigenvalue weighted by Gasteiger charge is 2.27. The Morgan fingerprint density at radius 2 is 2.10 bits per heavy atom. The fraction of sp³-hybridized carbons (Fsp3) is 0.462. The third kappa shape index (κ3) is 3.34. The van der Waals surface area contributed by atoms with Crippen LogP contribution in [-0.4, -0.2) is 26.9 Å². The Kier molecular flexibility index (Phi) is 4.39. The van der Waals surface area contributed by atoms with Crippen molar-refractivity contribution in [2.75, 3.05) is 6.54 Å². The first kappa shape index (κ1) is 14.9. The van der Waals surface area contributed by atoms with Crippen molar-refractivity contribution in [3.8, 4) is 0 Å². The van der Waals surface area contributed by atoms with Gasteiger partial charge in [-0.2, -0.15) is 4.72 Å². The maximum absolute atomic E-state index is 13.0. The second kappa shape index (κ2) is 5.88. The van der Waals surface area contributed by atoms with Crippen LogP contribution in [0.2, 0.25) is 0 Å². The zero-order chi connectivity index (χ0) is 14.8. The molecule has 2 rings (SSSR count). The monoisotopic (exact) mass is 300 g/mol. The summed E-state index contributed by atoms with van der Waals surface area (Å²) in [5, 5.41) is 2.67. The average Bonchev–Trinajstić information content (AvgIpc) is 2.54. The summed E-state index contributed by atoms with van der Waals surface area (Å²) in [6.07, 6.45) is 2.07. The maximum atomic E-state index is 13.0. The summed E-state index contributed by atoms with van der Waals surface area (Å²) in [5.74, 6) is -0.806. The Labute approximate surface area is 117 Å². The standard InChI is InChI=1S/C13H17FN2O3S/c1-9-8-10(14)5-6-12(9)20(18,19)16-11-4-2-3-7-15-13(11)17/h5-6,8,11,16H,2-4,7H2,1H3,(H,15,17). The number of halogens is 1. The van der Waals surface area contributed by atoms with Gasteiger partial charge in [0.1, 0.15) is 11.9 Å². The molecule has 0 saturated carbocycles. The van der Waals surface area contributed by atoms with E-state index in [-0.39, 0.29) is 10.8 Å². The quantitative estimate of drug-likeness (QED) is 0.877. The average molecular weight is 300 g/mol. The van der Waals surface area contributed by atoms with E-state index in [1.807, 2.05) is 0 Å². The molecular weight excluding hydrogens is 283 g/mol. The van der Waals surface area contributed by atoms with Crippen LogP contribution in [0.25, 0.3) is 0 Å². The highest BCUT2D eigenvalue weighted by atomic mass is 32.2. The van der Waals surface area contributed by atoms with Gasteiger partial charge in [0.25, 0.3) is 0 Å². The van der Waals surface area contributed by atoms with E-state index < -0.39 is 21.9 Å². The molecule has 0 spiro atoms. The Bertz CT molecular complexity index is 616. The van der Waals surface area contributed by atoms with Crippen molar-refractivity contribution in [2.24, 2.45) is 0 Å². The minimum Gasteiger partial charge on any atom is -0.355 e. The van der Waals surface area contributed by atoms with Crippen molar-refractivity contribution < 1.29 is 17.6 Å². The van der Waals surface area contributed by atoms with Crippen molar-refractivity contribution >= 4 is 15.9 Å². The van der Waals surface area contributed by atoms with E-state index in [1.54, 1.807) is 0 Å². The molecule has 1 aliphatic rings. The molecule has 5 nitrogen and oxygen atoms in total. The van der Waals surface area contributed by atoms with Gasteiger partial charge in [-0.25, -0.2) is 12.8 Å². The first-order chi connectivity index (χ1) is 9.40. The molecule has 1 aromatic rings. The molecule has 0 bridgehead atoms. The second-order valence-corrected chi connectivity index (χ2v) is 6.55. The van der Waals surface area contributed by atoms with Crippen molar-refractivity contribution in [3.05, 3.63) is 29.6 Å². The fourth-order valence-electron chi connectivity index (χ4n) is 2.22. The molecule has 0 radical (unpaired) electrons. The summed E-state index contributed by atoms with van der Waals surface area (Å²) in [6.45, 7) is 2.08. The molecule has 1 aliphatic heterocycles. The van der Waals surface area contributed by atoms with Crippen LogP contribution in [0.1, 0.15) is 24.8 Å². The number of carbonyl (C=O) groups is 1. The Morgan fingerprint density at radius 1 is 1.35 bits per heavy atom. The Hall–Kier alpha value is -1.47. The van der Waals surface area contributed by atoms with Crippen LogP contribution in [0, 0.1) is 12.7 Å². The van der Waals surface area contributed by atoms with Crippen molar-refractivity contribution in [3.63, 3.8) is 0 Å². The lowest BCUT2D eigenvalue weighted by molar-refractivity contribution is -0.122. The fourth-order valence-corrected chi connectivity index (χ4v) is 3.67. The number of aryl methyl sites for hydroxylation is 1. The van der Waals surface area contributed by atoms with Gasteiger partial charge in [0.15, 0.2) is 0 Å². The number of hydrogen-bond donors (Lipinski definition) is 2. The third-order valence-electron chi connectivity index (χ3n) is 3.26. The SMILES string of the molecule is Cc1cc(F)ccc1S(=O)(=O)NC1CCCCNC1=O. The van der Waals surface area contributed by atoms with Crippen LogP contribution in [0.4, 0.5) is 4.39 Å². The molecule has 1 aromatic carbocycles. The molecule has 1 saturated heterocycles. The van der Waals surface area contributed by atoms with Crippen LogP contribution >= 0.6 is 0 Å². The van der Waals surface area contributed by atoms with Gasteiger partial charge < -0.3 is 5.32 Å². The van der Waals surface area contributed by atoms with E-state index in [0.717, 1.165) is 25.0 Å². The molecule has 1 unspecified atom stereocenters. The van der Waals surface area contributed by atoms with Crippen LogP contribution in [-0.2, 0) is 14.8 Å². The van der Waals surface area contributed by atoms with Crippen molar-refractivity contribution in [1.82, 2.24) is 10.0 Å². The molecule has 1 amide bonds. The van der Waals surface area contributed by atoms with E-state index in [0.29, 0.717) is 18.5 Å². The maximum Gasteiger partial charge on any atom is 0.241 e. The summed E-state index contributed by atoms with van der Waals surface area (Å²) < 4.78 is 40.0. The molecule has 20 heavy (non-hydrogen) atoms. The zero-order valence-electron chi connectivity index (χ0n) is 11.1. The van der Waals surface area contributed by atoms with E-state index in [9.17, 15) is 17.6 Å². The minimum atomic E-state index is -3.83. The number of sulfonamides is 1. The second-order valence-electron chi connectivity index (χ2n) is 4.87. The molecule has 7 heteroatoms. The lowest BCUT2D eigenvalue weighted by Crippen LogP contribution is -2.45. The van der Waals surface area contributed by atoms with Gasteiger partial charge in [-0.3, -0.25) is 4.79 Å². The summed E-state index contributed by atoms with van der Waals surface area (Å²) in [6, 6.07) is 2.69. The van der Waals surface area contributed by atoms with Crippen molar-refractivity contribution in [1.29, 1.82) is 0 Å². The number of benzene rings is 1.